The molecule has 0 saturated carbocycles. The van der Waals surface area contributed by atoms with Gasteiger partial charge in [-0.15, -0.1) is 0 Å². The van der Waals surface area contributed by atoms with Gasteiger partial charge in [0.05, 0.1) is 0 Å². The van der Waals surface area contributed by atoms with Gasteiger partial charge in [-0.2, -0.15) is 0 Å². The number of piperidine rings is 1. The van der Waals surface area contributed by atoms with Crippen molar-refractivity contribution in [3.05, 3.63) is 0 Å². The molecule has 15 heavy (non-hydrogen) atoms. The van der Waals surface area contributed by atoms with E-state index in [0.717, 1.165) is 11.8 Å². The normalized spacial score (nSPS) is 20.0. The maximum Gasteiger partial charge on any atom is -0.00162 e. The van der Waals surface area contributed by atoms with Gasteiger partial charge in [0.15, 0.2) is 0 Å². The molecule has 0 bridgehead atoms. The largest absolute Gasteiger partial charge is 0.303 e. The lowest BCUT2D eigenvalue weighted by molar-refractivity contribution is 0.189. The number of unbranched alkanes of at least 4 members (excludes halogenated alkanes) is 2. The molecule has 0 atom stereocenters. The fourth-order valence-corrected chi connectivity index (χ4v) is 2.35. The van der Waals surface area contributed by atoms with Gasteiger partial charge in [0.2, 0.25) is 0 Å². The first-order valence-corrected chi connectivity index (χ1v) is 6.91. The third kappa shape index (κ3) is 6.19. The number of nitrogens with zero attached hydrogens (tertiary/aromatic N) is 1. The van der Waals surface area contributed by atoms with Crippen LogP contribution >= 0.6 is 0 Å². The van der Waals surface area contributed by atoms with Gasteiger partial charge in [-0.1, -0.05) is 40.0 Å². The van der Waals surface area contributed by atoms with Gasteiger partial charge in [-0.05, 0) is 50.7 Å². The van der Waals surface area contributed by atoms with Gasteiger partial charge in [0.1, 0.15) is 0 Å². The van der Waals surface area contributed by atoms with Gasteiger partial charge in [-0.3, -0.25) is 0 Å². The molecule has 1 aliphatic rings. The summed E-state index contributed by atoms with van der Waals surface area (Å²) in [5.74, 6) is 1.86. The zero-order valence-corrected chi connectivity index (χ0v) is 11.0. The van der Waals surface area contributed by atoms with Crippen LogP contribution in [0.4, 0.5) is 0 Å². The number of rotatable bonds is 6. The number of hydrogen-bond acceptors (Lipinski definition) is 1. The molecule has 0 aromatic rings. The van der Waals surface area contributed by atoms with Crippen LogP contribution in [0.1, 0.15) is 59.3 Å². The summed E-state index contributed by atoms with van der Waals surface area (Å²) in [6, 6.07) is 0. The molecule has 1 heteroatoms. The van der Waals surface area contributed by atoms with Crippen molar-refractivity contribution in [2.24, 2.45) is 11.8 Å². The van der Waals surface area contributed by atoms with Crippen LogP contribution in [0.25, 0.3) is 0 Å². The SMILES string of the molecule is CC(C)CCCCCN1CCC(C)CC1. The molecule has 0 amide bonds. The van der Waals surface area contributed by atoms with Crippen molar-refractivity contribution in [2.75, 3.05) is 19.6 Å². The van der Waals surface area contributed by atoms with E-state index in [1.54, 1.807) is 0 Å². The first-order valence-electron chi connectivity index (χ1n) is 6.91. The Morgan fingerprint density at radius 1 is 1.07 bits per heavy atom. The molecule has 1 nitrogen and oxygen atoms in total. The second-order valence-electron chi connectivity index (χ2n) is 5.77. The second kappa shape index (κ2) is 7.27. The molecule has 0 aromatic heterocycles. The van der Waals surface area contributed by atoms with E-state index in [0.29, 0.717) is 0 Å². The number of hydrogen-bond donors (Lipinski definition) is 0. The Kier molecular flexibility index (Phi) is 6.31. The zero-order chi connectivity index (χ0) is 11.1. The Morgan fingerprint density at radius 2 is 1.73 bits per heavy atom. The molecular formula is C14H29N. The molecule has 1 fully saturated rings. The van der Waals surface area contributed by atoms with Crippen molar-refractivity contribution in [3.8, 4) is 0 Å². The lowest BCUT2D eigenvalue weighted by atomic mass is 9.99. The molecule has 0 aromatic carbocycles. The summed E-state index contributed by atoms with van der Waals surface area (Å²) in [5.41, 5.74) is 0. The van der Waals surface area contributed by atoms with Gasteiger partial charge in [-0.25, -0.2) is 0 Å². The van der Waals surface area contributed by atoms with E-state index in [2.05, 4.69) is 25.7 Å². The average Bonchev–Trinajstić information content (AvgIpc) is 2.20. The lowest BCUT2D eigenvalue weighted by Gasteiger charge is -2.30. The maximum atomic E-state index is 2.66. The highest BCUT2D eigenvalue weighted by Gasteiger charge is 2.14. The molecule has 90 valence electrons. The van der Waals surface area contributed by atoms with Crippen LogP contribution in [0.2, 0.25) is 0 Å². The van der Waals surface area contributed by atoms with Gasteiger partial charge < -0.3 is 4.90 Å². The molecular weight excluding hydrogens is 182 g/mol. The summed E-state index contributed by atoms with van der Waals surface area (Å²) < 4.78 is 0. The van der Waals surface area contributed by atoms with E-state index in [1.165, 1.54) is 58.2 Å². The quantitative estimate of drug-likeness (QED) is 0.602. The third-order valence-electron chi connectivity index (χ3n) is 3.63. The van der Waals surface area contributed by atoms with Crippen molar-refractivity contribution >= 4 is 0 Å². The van der Waals surface area contributed by atoms with Crippen molar-refractivity contribution in [2.45, 2.75) is 59.3 Å². The fourth-order valence-electron chi connectivity index (χ4n) is 2.35. The molecule has 0 spiro atoms. The van der Waals surface area contributed by atoms with E-state index < -0.39 is 0 Å². The number of likely N-dealkylation sites (tertiary alicyclic amines) is 1. The van der Waals surface area contributed by atoms with Crippen LogP contribution in [-0.4, -0.2) is 24.5 Å². The van der Waals surface area contributed by atoms with Gasteiger partial charge in [0.25, 0.3) is 0 Å². The minimum Gasteiger partial charge on any atom is -0.303 e. The van der Waals surface area contributed by atoms with Crippen LogP contribution in [0.5, 0.6) is 0 Å². The molecule has 1 rings (SSSR count). The fraction of sp³-hybridized carbons (Fsp3) is 1.00. The standard InChI is InChI=1S/C14H29N/c1-13(2)7-5-4-6-10-15-11-8-14(3)9-12-15/h13-14H,4-12H2,1-3H3. The van der Waals surface area contributed by atoms with Crippen LogP contribution in [0.3, 0.4) is 0 Å². The summed E-state index contributed by atoms with van der Waals surface area (Å²) in [5, 5.41) is 0. The van der Waals surface area contributed by atoms with Crippen LogP contribution in [-0.2, 0) is 0 Å². The summed E-state index contributed by atoms with van der Waals surface area (Å²) in [4.78, 5) is 2.66. The topological polar surface area (TPSA) is 3.24 Å². The van der Waals surface area contributed by atoms with Crippen molar-refractivity contribution < 1.29 is 0 Å². The first-order chi connectivity index (χ1) is 7.18. The second-order valence-corrected chi connectivity index (χ2v) is 5.77. The van der Waals surface area contributed by atoms with Gasteiger partial charge in [0, 0.05) is 0 Å². The Hall–Kier alpha value is -0.0400. The van der Waals surface area contributed by atoms with Crippen LogP contribution < -0.4 is 0 Å². The third-order valence-corrected chi connectivity index (χ3v) is 3.63. The van der Waals surface area contributed by atoms with Crippen molar-refractivity contribution in [1.82, 2.24) is 4.90 Å². The molecule has 1 aliphatic heterocycles. The van der Waals surface area contributed by atoms with Crippen molar-refractivity contribution in [3.63, 3.8) is 0 Å². The molecule has 0 aliphatic carbocycles. The van der Waals surface area contributed by atoms with E-state index in [1.807, 2.05) is 0 Å². The minimum atomic E-state index is 0.890. The summed E-state index contributed by atoms with van der Waals surface area (Å²) in [6.45, 7) is 11.1. The Morgan fingerprint density at radius 3 is 2.33 bits per heavy atom. The van der Waals surface area contributed by atoms with E-state index in [9.17, 15) is 0 Å². The Labute approximate surface area is 96.2 Å². The highest BCUT2D eigenvalue weighted by atomic mass is 15.1. The summed E-state index contributed by atoms with van der Waals surface area (Å²) in [6.07, 6.45) is 8.54. The van der Waals surface area contributed by atoms with E-state index in [4.69, 9.17) is 0 Å². The zero-order valence-electron chi connectivity index (χ0n) is 11.0. The molecule has 0 N–H and O–H groups in total. The van der Waals surface area contributed by atoms with E-state index in [-0.39, 0.29) is 0 Å². The smallest absolute Gasteiger partial charge is 0.00162 e. The highest BCUT2D eigenvalue weighted by molar-refractivity contribution is 4.69. The summed E-state index contributed by atoms with van der Waals surface area (Å²) >= 11 is 0. The molecule has 0 unspecified atom stereocenters. The van der Waals surface area contributed by atoms with Crippen LogP contribution in [0, 0.1) is 11.8 Å². The van der Waals surface area contributed by atoms with Crippen LogP contribution in [0.15, 0.2) is 0 Å². The molecule has 1 heterocycles. The first kappa shape index (κ1) is 13.0. The minimum absolute atomic E-state index is 0.890. The van der Waals surface area contributed by atoms with Gasteiger partial charge >= 0.3 is 0 Å². The average molecular weight is 211 g/mol. The summed E-state index contributed by atoms with van der Waals surface area (Å²) in [7, 11) is 0. The predicted octanol–water partition coefficient (Wildman–Crippen LogP) is 3.93. The molecule has 0 radical (unpaired) electrons. The Bertz CT molecular complexity index is 145. The monoisotopic (exact) mass is 211 g/mol. The lowest BCUT2D eigenvalue weighted by Crippen LogP contribution is -2.33. The Balaban J connectivity index is 1.91. The van der Waals surface area contributed by atoms with E-state index >= 15 is 0 Å². The maximum absolute atomic E-state index is 2.66. The highest BCUT2D eigenvalue weighted by Crippen LogP contribution is 2.16. The molecule has 1 saturated heterocycles. The predicted molar refractivity (Wildman–Crippen MR) is 68.1 cm³/mol. The van der Waals surface area contributed by atoms with Crippen molar-refractivity contribution in [1.29, 1.82) is 0 Å².